The van der Waals surface area contributed by atoms with Crippen LogP contribution in [0.1, 0.15) is 34.8 Å². The molecule has 5 aromatic carbocycles. The van der Waals surface area contributed by atoms with Gasteiger partial charge in [-0.1, -0.05) is 103 Å². The van der Waals surface area contributed by atoms with Crippen molar-refractivity contribution in [3.63, 3.8) is 0 Å². The molecule has 0 spiro atoms. The van der Waals surface area contributed by atoms with Gasteiger partial charge in [0.1, 0.15) is 4.60 Å². The largest absolute Gasteiger partial charge is 0.505 e. The molecule has 0 unspecified atom stereocenters. The first-order chi connectivity index (χ1) is 27.8. The van der Waals surface area contributed by atoms with Crippen molar-refractivity contribution >= 4 is 71.5 Å². The summed E-state index contributed by atoms with van der Waals surface area (Å²) in [5, 5.41) is 24.8. The first-order valence-electron chi connectivity index (χ1n) is 18.3. The zero-order valence-electron chi connectivity index (χ0n) is 30.9. The van der Waals surface area contributed by atoms with E-state index in [1.54, 1.807) is 13.8 Å². The van der Waals surface area contributed by atoms with Gasteiger partial charge in [-0.15, -0.1) is 0 Å². The number of hydrogen-bond acceptors (Lipinski definition) is 8. The molecule has 0 aliphatic rings. The molecule has 0 aliphatic carbocycles. The highest BCUT2D eigenvalue weighted by Crippen LogP contribution is 2.44. The average molecular weight is 820 g/mol. The zero-order valence-corrected chi connectivity index (χ0v) is 32.5. The number of esters is 2. The number of carbonyl (C=O) groups excluding carboxylic acids is 2. The molecule has 10 nitrogen and oxygen atoms in total. The molecule has 57 heavy (non-hydrogen) atoms. The van der Waals surface area contributed by atoms with Crippen LogP contribution in [0.4, 0.5) is 0 Å². The molecule has 282 valence electrons. The monoisotopic (exact) mass is 818 g/mol. The average Bonchev–Trinajstić information content (AvgIpc) is 3.79. The summed E-state index contributed by atoms with van der Waals surface area (Å²) in [7, 11) is 0. The smallest absolute Gasteiger partial charge is 0.360 e. The fourth-order valence-electron chi connectivity index (χ4n) is 7.21. The van der Waals surface area contributed by atoms with Crippen molar-refractivity contribution in [2.24, 2.45) is 0 Å². The number of aromatic hydroxyl groups is 2. The topological polar surface area (TPSA) is 129 Å². The Morgan fingerprint density at radius 3 is 1.46 bits per heavy atom. The van der Waals surface area contributed by atoms with E-state index in [4.69, 9.17) is 9.47 Å². The Balaban J connectivity index is 0.000000162. The number of ether oxygens (including phenoxy) is 2. The molecule has 0 atom stereocenters. The van der Waals surface area contributed by atoms with Gasteiger partial charge in [-0.25, -0.2) is 19.6 Å². The van der Waals surface area contributed by atoms with E-state index in [0.717, 1.165) is 44.3 Å². The molecule has 0 fully saturated rings. The third-order valence-electron chi connectivity index (χ3n) is 9.54. The van der Waals surface area contributed by atoms with E-state index < -0.39 is 11.9 Å². The maximum atomic E-state index is 12.7. The number of nitrogens with zero attached hydrogens (tertiary/aromatic N) is 4. The summed E-state index contributed by atoms with van der Waals surface area (Å²) in [6.07, 6.45) is 0. The van der Waals surface area contributed by atoms with Crippen molar-refractivity contribution < 1.29 is 29.3 Å². The highest BCUT2D eigenvalue weighted by molar-refractivity contribution is 9.10. The maximum absolute atomic E-state index is 12.7. The van der Waals surface area contributed by atoms with Crippen LogP contribution in [0.15, 0.2) is 144 Å². The van der Waals surface area contributed by atoms with Crippen LogP contribution in [-0.4, -0.2) is 54.5 Å². The molecule has 4 aromatic heterocycles. The lowest BCUT2D eigenvalue weighted by Gasteiger charge is -2.13. The van der Waals surface area contributed by atoms with Gasteiger partial charge in [0.2, 0.25) is 0 Å². The van der Waals surface area contributed by atoms with Gasteiger partial charge in [0.25, 0.3) is 0 Å². The van der Waals surface area contributed by atoms with Crippen molar-refractivity contribution in [2.45, 2.75) is 13.8 Å². The standard InChI is InChI=1S/C26H20N2O3.C20H15BrN2O3/c1-2-31-26(30)23-25(29)21-19-15-9-10-16-20(19)28(18-13-7-4-8-14-18)24(21)22(27-23)17-11-5-3-6-12-17;1-2-26-20(25)16-18(24)15-13-10-6-7-11-14(13)23(17(15)19(21)22-16)12-8-4-3-5-9-12/h3-16,29H,2H2,1H3;3-11,24H,2H2,1H3. The lowest BCUT2D eigenvalue weighted by Crippen LogP contribution is -2.09. The van der Waals surface area contributed by atoms with Crippen LogP contribution in [0.25, 0.3) is 66.2 Å². The van der Waals surface area contributed by atoms with Crippen LogP contribution in [0.5, 0.6) is 11.5 Å². The molecule has 0 saturated heterocycles. The van der Waals surface area contributed by atoms with Crippen molar-refractivity contribution in [3.8, 4) is 34.1 Å². The van der Waals surface area contributed by atoms with Gasteiger partial charge in [-0.3, -0.25) is 0 Å². The third kappa shape index (κ3) is 6.51. The summed E-state index contributed by atoms with van der Waals surface area (Å²) >= 11 is 3.48. The van der Waals surface area contributed by atoms with Gasteiger partial charge in [0, 0.05) is 27.7 Å². The summed E-state index contributed by atoms with van der Waals surface area (Å²) in [6.45, 7) is 3.85. The number of benzene rings is 5. The SMILES string of the molecule is CCOC(=O)c1nc(-c2ccccc2)c2c(c1O)c1ccccc1n2-c1ccccc1.CCOC(=O)c1nc(Br)c2c(c1O)c1ccccc1n2-c1ccccc1. The van der Waals surface area contributed by atoms with Crippen molar-refractivity contribution in [3.05, 3.63) is 156 Å². The summed E-state index contributed by atoms with van der Waals surface area (Å²) < 4.78 is 14.8. The van der Waals surface area contributed by atoms with Gasteiger partial charge >= 0.3 is 11.9 Å². The van der Waals surface area contributed by atoms with E-state index in [1.807, 2.05) is 144 Å². The molecule has 0 bridgehead atoms. The zero-order chi connectivity index (χ0) is 39.6. The van der Waals surface area contributed by atoms with E-state index >= 15 is 0 Å². The van der Waals surface area contributed by atoms with E-state index in [1.165, 1.54) is 0 Å². The second-order valence-electron chi connectivity index (χ2n) is 12.9. The fourth-order valence-corrected chi connectivity index (χ4v) is 7.76. The minimum Gasteiger partial charge on any atom is -0.505 e. The van der Waals surface area contributed by atoms with Gasteiger partial charge in [0.05, 0.1) is 51.7 Å². The molecular formula is C46H35BrN4O6. The molecule has 0 saturated carbocycles. The first-order valence-corrected chi connectivity index (χ1v) is 19.1. The number of para-hydroxylation sites is 4. The summed E-state index contributed by atoms with van der Waals surface area (Å²) in [5.74, 6) is -1.63. The van der Waals surface area contributed by atoms with Gasteiger partial charge < -0.3 is 28.8 Å². The minimum atomic E-state index is -0.649. The Kier molecular flexibility index (Phi) is 10.1. The molecule has 4 heterocycles. The van der Waals surface area contributed by atoms with Crippen LogP contribution in [0, 0.1) is 0 Å². The number of pyridine rings is 2. The highest BCUT2D eigenvalue weighted by Gasteiger charge is 2.27. The second kappa shape index (κ2) is 15.6. The van der Waals surface area contributed by atoms with Crippen molar-refractivity contribution in [1.29, 1.82) is 0 Å². The van der Waals surface area contributed by atoms with Gasteiger partial charge in [0.15, 0.2) is 22.9 Å². The Labute approximate surface area is 335 Å². The van der Waals surface area contributed by atoms with Crippen LogP contribution < -0.4 is 0 Å². The Morgan fingerprint density at radius 1 is 0.561 bits per heavy atom. The normalized spacial score (nSPS) is 11.1. The number of carbonyl (C=O) groups is 2. The van der Waals surface area contributed by atoms with Crippen LogP contribution in [0.2, 0.25) is 0 Å². The van der Waals surface area contributed by atoms with E-state index in [-0.39, 0.29) is 36.1 Å². The maximum Gasteiger partial charge on any atom is 0.360 e. The van der Waals surface area contributed by atoms with Crippen LogP contribution >= 0.6 is 15.9 Å². The molecule has 9 rings (SSSR count). The van der Waals surface area contributed by atoms with Crippen LogP contribution in [0.3, 0.4) is 0 Å². The number of halogens is 1. The summed E-state index contributed by atoms with van der Waals surface area (Å²) in [4.78, 5) is 33.8. The molecule has 0 aliphatic heterocycles. The quantitative estimate of drug-likeness (QED) is 0.120. The Hall–Kier alpha value is -6.98. The highest BCUT2D eigenvalue weighted by atomic mass is 79.9. The number of fused-ring (bicyclic) bond motifs is 6. The second-order valence-corrected chi connectivity index (χ2v) is 13.6. The molecule has 0 amide bonds. The Bertz CT molecular complexity index is 2950. The molecule has 0 radical (unpaired) electrons. The summed E-state index contributed by atoms with van der Waals surface area (Å²) in [6, 6.07) is 44.9. The first kappa shape index (κ1) is 37.0. The van der Waals surface area contributed by atoms with Gasteiger partial charge in [-0.2, -0.15) is 0 Å². The predicted octanol–water partition coefficient (Wildman–Crippen LogP) is 10.6. The van der Waals surface area contributed by atoms with E-state index in [9.17, 15) is 19.8 Å². The van der Waals surface area contributed by atoms with Crippen molar-refractivity contribution in [1.82, 2.24) is 19.1 Å². The molecule has 11 heteroatoms. The van der Waals surface area contributed by atoms with E-state index in [2.05, 4.69) is 30.5 Å². The molecular weight excluding hydrogens is 784 g/mol. The minimum absolute atomic E-state index is 0.0795. The van der Waals surface area contributed by atoms with E-state index in [0.29, 0.717) is 26.6 Å². The third-order valence-corrected chi connectivity index (χ3v) is 10.1. The lowest BCUT2D eigenvalue weighted by atomic mass is 10.1. The fraction of sp³-hybridized carbons (Fsp3) is 0.0870. The molecule has 9 aromatic rings. The number of rotatable bonds is 7. The lowest BCUT2D eigenvalue weighted by molar-refractivity contribution is 0.0506. The Morgan fingerprint density at radius 2 is 0.965 bits per heavy atom. The molecule has 2 N–H and O–H groups in total. The number of hydrogen-bond donors (Lipinski definition) is 2. The summed E-state index contributed by atoms with van der Waals surface area (Å²) in [5.41, 5.74) is 6.42. The van der Waals surface area contributed by atoms with Crippen LogP contribution in [-0.2, 0) is 9.47 Å². The predicted molar refractivity (Wildman–Crippen MR) is 226 cm³/mol. The van der Waals surface area contributed by atoms with Gasteiger partial charge in [-0.05, 0) is 66.2 Å². The van der Waals surface area contributed by atoms with Crippen molar-refractivity contribution in [2.75, 3.05) is 13.2 Å². The number of aromatic nitrogens is 4.